The second kappa shape index (κ2) is 13.4. The lowest BCUT2D eigenvalue weighted by molar-refractivity contribution is -0.279. The Hall–Kier alpha value is -2.71. The normalized spacial score (nSPS) is 41.4. The summed E-state index contributed by atoms with van der Waals surface area (Å²) in [5.74, 6) is -1.64. The van der Waals surface area contributed by atoms with E-state index in [0.29, 0.717) is 29.3 Å². The number of carbonyl (C=O) groups excluding carboxylic acids is 3. The molecule has 5 saturated carbocycles. The lowest BCUT2D eigenvalue weighted by atomic mass is 9.28. The summed E-state index contributed by atoms with van der Waals surface area (Å²) in [6.07, 6.45) is 6.82. The van der Waals surface area contributed by atoms with Crippen LogP contribution in [-0.4, -0.2) is 52.6 Å². The number of hydrogen-bond donors (Lipinski definition) is 3. The number of rotatable bonds is 8. The number of Topliss-reactive ketones (excluding diaryl/α,β-unsaturated/α-hetero) is 1. The molecule has 6 aliphatic carbocycles. The number of halogens is 1. The number of carboxylic acid groups (broad SMARTS) is 1. The average Bonchev–Trinajstić information content (AvgIpc) is 3.42. The zero-order chi connectivity index (χ0) is 41.2. The maximum atomic E-state index is 14.1. The minimum Gasteiger partial charge on any atom is -0.481 e. The van der Waals surface area contributed by atoms with Gasteiger partial charge in [-0.2, -0.15) is 0 Å². The van der Waals surface area contributed by atoms with E-state index in [1.807, 2.05) is 13.8 Å². The summed E-state index contributed by atoms with van der Waals surface area (Å²) >= 11 is 6.06. The number of ether oxygens (including phenoxy) is 1. The summed E-state index contributed by atoms with van der Waals surface area (Å²) in [6.45, 7) is 22.7. The molecule has 9 heteroatoms. The third-order valence-electron chi connectivity index (χ3n) is 18.7. The standard InChI is InChI=1S/C47H66ClNO7/c1-26(2)36-32(50)24-47(34(51)25-49-38(52)27-11-13-28(48)14-12-27)22-21-43(7)29(37(36)47)15-19-46(10)44(8)18-17-35(42(5,6)33(44)16-20-45(43,46)9)56-40(55)31-23-30(39(53)54)41(31,3)4/h11-14,26,29-31,33-35,51H,15-25H2,1-10H3,(H,49,52)(H,53,54)/t29-,30-,31+,33+,34+,35+,43-,44+,45+,46-,47+/m1/s1. The van der Waals surface area contributed by atoms with Crippen LogP contribution in [0.15, 0.2) is 35.4 Å². The van der Waals surface area contributed by atoms with Crippen molar-refractivity contribution in [3.8, 4) is 0 Å². The van der Waals surface area contributed by atoms with Crippen molar-refractivity contribution in [3.05, 3.63) is 46.0 Å². The predicted octanol–water partition coefficient (Wildman–Crippen LogP) is 9.46. The van der Waals surface area contributed by atoms with Gasteiger partial charge in [-0.25, -0.2) is 0 Å². The van der Waals surface area contributed by atoms with Crippen molar-refractivity contribution in [2.75, 3.05) is 6.54 Å². The number of esters is 1. The number of carboxylic acids is 1. The first-order valence-corrected chi connectivity index (χ1v) is 21.7. The molecule has 0 bridgehead atoms. The Morgan fingerprint density at radius 1 is 0.839 bits per heavy atom. The molecule has 0 aliphatic heterocycles. The summed E-state index contributed by atoms with van der Waals surface area (Å²) in [7, 11) is 0. The highest BCUT2D eigenvalue weighted by Gasteiger charge is 2.75. The van der Waals surface area contributed by atoms with Crippen LogP contribution in [-0.2, 0) is 19.1 Å². The summed E-state index contributed by atoms with van der Waals surface area (Å²) in [5.41, 5.74) is 0.733. The predicted molar refractivity (Wildman–Crippen MR) is 217 cm³/mol. The van der Waals surface area contributed by atoms with E-state index in [-0.39, 0.29) is 75.6 Å². The van der Waals surface area contributed by atoms with E-state index in [1.165, 1.54) is 5.57 Å². The van der Waals surface area contributed by atoms with Crippen LogP contribution in [0.2, 0.25) is 5.02 Å². The molecule has 7 rings (SSSR count). The fraction of sp³-hybridized carbons (Fsp3) is 0.745. The molecule has 0 unspecified atom stereocenters. The molecule has 0 heterocycles. The molecule has 56 heavy (non-hydrogen) atoms. The molecule has 1 aromatic carbocycles. The molecule has 0 aromatic heterocycles. The molecule has 0 spiro atoms. The van der Waals surface area contributed by atoms with E-state index < -0.39 is 34.7 Å². The highest BCUT2D eigenvalue weighted by Crippen LogP contribution is 2.81. The van der Waals surface area contributed by atoms with Gasteiger partial charge in [-0.05, 0) is 132 Å². The Labute approximate surface area is 339 Å². The summed E-state index contributed by atoms with van der Waals surface area (Å²) in [4.78, 5) is 52.8. The van der Waals surface area contributed by atoms with Crippen molar-refractivity contribution in [1.29, 1.82) is 0 Å². The van der Waals surface area contributed by atoms with Crippen LogP contribution in [0.25, 0.3) is 0 Å². The molecular formula is C47H66ClNO7. The Bertz CT molecular complexity index is 1850. The quantitative estimate of drug-likeness (QED) is 0.224. The van der Waals surface area contributed by atoms with Gasteiger partial charge in [0, 0.05) is 34.4 Å². The van der Waals surface area contributed by atoms with Gasteiger partial charge in [0.2, 0.25) is 0 Å². The van der Waals surface area contributed by atoms with Gasteiger partial charge in [0.15, 0.2) is 5.78 Å². The molecule has 0 saturated heterocycles. The number of aliphatic hydroxyl groups excluding tert-OH is 1. The number of amides is 1. The zero-order valence-electron chi connectivity index (χ0n) is 35.4. The molecule has 5 fully saturated rings. The smallest absolute Gasteiger partial charge is 0.309 e. The molecule has 1 aromatic rings. The Morgan fingerprint density at radius 2 is 1.46 bits per heavy atom. The molecule has 3 N–H and O–H groups in total. The van der Waals surface area contributed by atoms with E-state index in [2.05, 4.69) is 60.7 Å². The molecule has 0 radical (unpaired) electrons. The number of carbonyl (C=O) groups is 4. The highest BCUT2D eigenvalue weighted by atomic mass is 35.5. The van der Waals surface area contributed by atoms with E-state index >= 15 is 0 Å². The van der Waals surface area contributed by atoms with Gasteiger partial charge in [-0.1, -0.05) is 86.4 Å². The van der Waals surface area contributed by atoms with Gasteiger partial charge < -0.3 is 20.3 Å². The van der Waals surface area contributed by atoms with Gasteiger partial charge in [0.05, 0.1) is 17.9 Å². The second-order valence-corrected chi connectivity index (χ2v) is 21.9. The zero-order valence-corrected chi connectivity index (χ0v) is 36.2. The lowest BCUT2D eigenvalue weighted by Gasteiger charge is -2.76. The average molecular weight is 792 g/mol. The number of nitrogens with one attached hydrogen (secondary N) is 1. The van der Waals surface area contributed by atoms with E-state index in [0.717, 1.165) is 50.5 Å². The van der Waals surface area contributed by atoms with Crippen molar-refractivity contribution >= 4 is 35.2 Å². The van der Waals surface area contributed by atoms with E-state index in [4.69, 9.17) is 16.3 Å². The Kier molecular flexibility index (Phi) is 9.92. The Balaban J connectivity index is 1.16. The van der Waals surface area contributed by atoms with Crippen molar-refractivity contribution in [3.63, 3.8) is 0 Å². The first kappa shape index (κ1) is 41.4. The van der Waals surface area contributed by atoms with E-state index in [9.17, 15) is 29.4 Å². The first-order chi connectivity index (χ1) is 25.9. The number of fused-ring (bicyclic) bond motifs is 7. The van der Waals surface area contributed by atoms with Crippen LogP contribution >= 0.6 is 11.6 Å². The SMILES string of the molecule is CC(C)C1=C2[C@H]3CC[C@@]4(C)[C@@](C)(CC[C@H]5C(C)(C)[C@@H](OC(=O)[C@@H]6C[C@H](C(=O)O)C6(C)C)CC[C@@]54C)[C@]3(C)CC[C@@]2([C@@H](O)CNC(=O)c2ccc(Cl)cc2)CC1=O. The van der Waals surface area contributed by atoms with Crippen LogP contribution in [0.4, 0.5) is 0 Å². The fourth-order valence-electron chi connectivity index (χ4n) is 14.7. The number of hydrogen-bond acceptors (Lipinski definition) is 6. The summed E-state index contributed by atoms with van der Waals surface area (Å²) in [5, 5.41) is 25.4. The summed E-state index contributed by atoms with van der Waals surface area (Å²) < 4.78 is 6.43. The van der Waals surface area contributed by atoms with Crippen molar-refractivity contribution in [2.24, 2.45) is 67.5 Å². The number of aliphatic carboxylic acids is 1. The largest absolute Gasteiger partial charge is 0.481 e. The lowest BCUT2D eigenvalue weighted by Crippen LogP contribution is -2.70. The molecular weight excluding hydrogens is 726 g/mol. The monoisotopic (exact) mass is 791 g/mol. The molecule has 6 aliphatic rings. The number of ketones is 1. The van der Waals surface area contributed by atoms with Crippen molar-refractivity contribution in [2.45, 2.75) is 146 Å². The van der Waals surface area contributed by atoms with Crippen LogP contribution in [0.5, 0.6) is 0 Å². The highest BCUT2D eigenvalue weighted by molar-refractivity contribution is 6.30. The third-order valence-corrected chi connectivity index (χ3v) is 19.0. The Morgan fingerprint density at radius 3 is 2.07 bits per heavy atom. The van der Waals surface area contributed by atoms with Gasteiger partial charge >= 0.3 is 11.9 Å². The minimum atomic E-state index is -0.896. The van der Waals surface area contributed by atoms with Gasteiger partial charge in [-0.15, -0.1) is 0 Å². The maximum Gasteiger partial charge on any atom is 0.309 e. The van der Waals surface area contributed by atoms with Gasteiger partial charge in [0.1, 0.15) is 6.10 Å². The topological polar surface area (TPSA) is 130 Å². The van der Waals surface area contributed by atoms with E-state index in [1.54, 1.807) is 24.3 Å². The molecule has 1 amide bonds. The van der Waals surface area contributed by atoms with Crippen LogP contribution in [0, 0.1) is 67.5 Å². The third kappa shape index (κ3) is 5.52. The molecule has 11 atom stereocenters. The second-order valence-electron chi connectivity index (χ2n) is 21.4. The van der Waals surface area contributed by atoms with Crippen LogP contribution < -0.4 is 5.32 Å². The molecule has 308 valence electrons. The number of allylic oxidation sites excluding steroid dienone is 1. The number of benzene rings is 1. The number of aliphatic hydroxyl groups is 1. The van der Waals surface area contributed by atoms with Crippen molar-refractivity contribution < 1.29 is 34.1 Å². The summed E-state index contributed by atoms with van der Waals surface area (Å²) in [6, 6.07) is 6.72. The fourth-order valence-corrected chi connectivity index (χ4v) is 14.9. The van der Waals surface area contributed by atoms with Gasteiger partial charge in [-0.3, -0.25) is 19.2 Å². The molecule has 8 nitrogen and oxygen atoms in total. The minimum absolute atomic E-state index is 0.0225. The van der Waals surface area contributed by atoms with Crippen LogP contribution in [0.3, 0.4) is 0 Å². The first-order valence-electron chi connectivity index (χ1n) is 21.4. The van der Waals surface area contributed by atoms with Crippen molar-refractivity contribution in [1.82, 2.24) is 5.32 Å². The maximum absolute atomic E-state index is 14.1. The van der Waals surface area contributed by atoms with Gasteiger partial charge in [0.25, 0.3) is 5.91 Å². The van der Waals surface area contributed by atoms with Crippen LogP contribution in [0.1, 0.15) is 144 Å².